The van der Waals surface area contributed by atoms with E-state index in [9.17, 15) is 23.3 Å². The van der Waals surface area contributed by atoms with Crippen LogP contribution in [0.5, 0.6) is 0 Å². The molecule has 0 bridgehead atoms. The molecule has 0 aliphatic carbocycles. The fourth-order valence-electron chi connectivity index (χ4n) is 3.17. The van der Waals surface area contributed by atoms with Crippen molar-refractivity contribution >= 4 is 38.2 Å². The summed E-state index contributed by atoms with van der Waals surface area (Å²) < 4.78 is 29.6. The van der Waals surface area contributed by atoms with Crippen LogP contribution in [0.25, 0.3) is 0 Å². The van der Waals surface area contributed by atoms with Crippen LogP contribution in [-0.4, -0.2) is 44.7 Å². The second-order valence-corrected chi connectivity index (χ2v) is 10.1. The molecule has 10 heteroatoms. The number of anilines is 1. The zero-order chi connectivity index (χ0) is 21.9. The number of carbonyl (C=O) groups is 2. The zero-order valence-electron chi connectivity index (χ0n) is 16.6. The Bertz CT molecular complexity index is 1110. The van der Waals surface area contributed by atoms with Crippen molar-refractivity contribution in [1.82, 2.24) is 4.90 Å². The van der Waals surface area contributed by atoms with Crippen molar-refractivity contribution in [3.8, 4) is 6.07 Å². The first-order valence-corrected chi connectivity index (χ1v) is 11.7. The number of aryl methyl sites for hydroxylation is 1. The highest BCUT2D eigenvalue weighted by atomic mass is 32.2. The van der Waals surface area contributed by atoms with E-state index in [1.807, 2.05) is 6.92 Å². The molecule has 0 fully saturated rings. The summed E-state index contributed by atoms with van der Waals surface area (Å²) in [6, 6.07) is 8.58. The molecule has 0 saturated heterocycles. The smallest absolute Gasteiger partial charge is 0.409 e. The summed E-state index contributed by atoms with van der Waals surface area (Å²) in [5, 5.41) is 12.6. The first-order valence-electron chi connectivity index (χ1n) is 9.22. The summed E-state index contributed by atoms with van der Waals surface area (Å²) in [6.07, 6.45) is -0.182. The van der Waals surface area contributed by atoms with Crippen LogP contribution in [0.3, 0.4) is 0 Å². The maximum Gasteiger partial charge on any atom is 0.409 e. The highest BCUT2D eigenvalue weighted by Gasteiger charge is 2.28. The molecule has 1 aliphatic heterocycles. The van der Waals surface area contributed by atoms with Gasteiger partial charge < -0.3 is 15.0 Å². The minimum absolute atomic E-state index is 0.174. The zero-order valence-corrected chi connectivity index (χ0v) is 18.2. The Morgan fingerprint density at radius 3 is 2.63 bits per heavy atom. The number of amides is 2. The SMILES string of the molecule is COC(=O)N1CCc2c(sc(NC(=O)CCS(=O)(=O)c3ccc(C)cc3)c2C#N)C1. The third-order valence-corrected chi connectivity index (χ3v) is 7.70. The van der Waals surface area contributed by atoms with Gasteiger partial charge in [-0.05, 0) is 31.0 Å². The molecule has 0 saturated carbocycles. The largest absolute Gasteiger partial charge is 0.453 e. The number of benzene rings is 1. The molecule has 2 heterocycles. The van der Waals surface area contributed by atoms with E-state index in [1.54, 1.807) is 12.1 Å². The number of nitrogens with zero attached hydrogens (tertiary/aromatic N) is 2. The molecule has 0 spiro atoms. The van der Waals surface area contributed by atoms with Crippen molar-refractivity contribution < 1.29 is 22.7 Å². The number of fused-ring (bicyclic) bond motifs is 1. The summed E-state index contributed by atoms with van der Waals surface area (Å²) in [7, 11) is -2.27. The molecule has 1 aromatic carbocycles. The minimum atomic E-state index is -3.58. The molecule has 8 nitrogen and oxygen atoms in total. The van der Waals surface area contributed by atoms with Crippen LogP contribution in [0, 0.1) is 18.3 Å². The lowest BCUT2D eigenvalue weighted by Gasteiger charge is -2.25. The highest BCUT2D eigenvalue weighted by Crippen LogP contribution is 2.36. The van der Waals surface area contributed by atoms with Crippen LogP contribution >= 0.6 is 11.3 Å². The van der Waals surface area contributed by atoms with Crippen molar-refractivity contribution in [3.63, 3.8) is 0 Å². The average molecular weight is 448 g/mol. The Kier molecular flexibility index (Phi) is 6.43. The van der Waals surface area contributed by atoms with E-state index in [0.29, 0.717) is 30.1 Å². The monoisotopic (exact) mass is 447 g/mol. The van der Waals surface area contributed by atoms with E-state index in [1.165, 1.54) is 35.5 Å². The molecule has 1 aliphatic rings. The fourth-order valence-corrected chi connectivity index (χ4v) is 5.64. The van der Waals surface area contributed by atoms with Crippen LogP contribution in [0.15, 0.2) is 29.2 Å². The van der Waals surface area contributed by atoms with Gasteiger partial charge >= 0.3 is 6.09 Å². The van der Waals surface area contributed by atoms with Crippen LogP contribution in [0.4, 0.5) is 9.80 Å². The molecule has 0 radical (unpaired) electrons. The van der Waals surface area contributed by atoms with Gasteiger partial charge in [0.2, 0.25) is 5.91 Å². The van der Waals surface area contributed by atoms with Crippen molar-refractivity contribution in [2.45, 2.75) is 31.2 Å². The van der Waals surface area contributed by atoms with Gasteiger partial charge in [0.1, 0.15) is 11.1 Å². The molecular weight excluding hydrogens is 426 g/mol. The number of rotatable bonds is 5. The molecule has 0 unspecified atom stereocenters. The highest BCUT2D eigenvalue weighted by molar-refractivity contribution is 7.91. The summed E-state index contributed by atoms with van der Waals surface area (Å²) in [6.45, 7) is 2.59. The average Bonchev–Trinajstić information content (AvgIpc) is 3.08. The summed E-state index contributed by atoms with van der Waals surface area (Å²) in [5.41, 5.74) is 2.13. The van der Waals surface area contributed by atoms with Gasteiger partial charge in [0.15, 0.2) is 9.84 Å². The summed E-state index contributed by atoms with van der Waals surface area (Å²) in [5.74, 6) is -0.809. The predicted molar refractivity (Wildman–Crippen MR) is 112 cm³/mol. The lowest BCUT2D eigenvalue weighted by molar-refractivity contribution is -0.115. The summed E-state index contributed by atoms with van der Waals surface area (Å²) in [4.78, 5) is 26.6. The first-order chi connectivity index (χ1) is 14.2. The van der Waals surface area contributed by atoms with Crippen LogP contribution < -0.4 is 5.32 Å². The van der Waals surface area contributed by atoms with Gasteiger partial charge in [0, 0.05) is 17.8 Å². The van der Waals surface area contributed by atoms with Crippen molar-refractivity contribution in [2.24, 2.45) is 0 Å². The quantitative estimate of drug-likeness (QED) is 0.753. The van der Waals surface area contributed by atoms with Crippen LogP contribution in [-0.2, 0) is 32.3 Å². The molecule has 158 valence electrons. The van der Waals surface area contributed by atoms with Crippen LogP contribution in [0.2, 0.25) is 0 Å². The Hall–Kier alpha value is -2.90. The van der Waals surface area contributed by atoms with E-state index >= 15 is 0 Å². The third kappa shape index (κ3) is 4.63. The summed E-state index contributed by atoms with van der Waals surface area (Å²) >= 11 is 1.22. The van der Waals surface area contributed by atoms with Gasteiger partial charge in [0.05, 0.1) is 29.9 Å². The van der Waals surface area contributed by atoms with E-state index in [4.69, 9.17) is 4.74 Å². The van der Waals surface area contributed by atoms with Gasteiger partial charge in [0.25, 0.3) is 0 Å². The molecule has 30 heavy (non-hydrogen) atoms. The van der Waals surface area contributed by atoms with Gasteiger partial charge in [-0.1, -0.05) is 17.7 Å². The minimum Gasteiger partial charge on any atom is -0.453 e. The number of nitrogens with one attached hydrogen (secondary N) is 1. The molecule has 1 aromatic heterocycles. The molecular formula is C20H21N3O5S2. The number of methoxy groups -OCH3 is 1. The Morgan fingerprint density at radius 1 is 1.30 bits per heavy atom. The van der Waals surface area contributed by atoms with Gasteiger partial charge in [-0.3, -0.25) is 4.79 Å². The van der Waals surface area contributed by atoms with E-state index in [0.717, 1.165) is 16.0 Å². The standard InChI is InChI=1S/C20H21N3O5S2/c1-13-3-5-14(6-4-13)30(26,27)10-8-18(24)22-19-16(11-21)15-7-9-23(20(25)28-2)12-17(15)29-19/h3-6H,7-10,12H2,1-2H3,(H,22,24). The maximum absolute atomic E-state index is 12.4. The fraction of sp³-hybridized carbons (Fsp3) is 0.350. The van der Waals surface area contributed by atoms with Crippen LogP contribution in [0.1, 0.15) is 28.0 Å². The molecule has 3 rings (SSSR count). The molecule has 2 aromatic rings. The lowest BCUT2D eigenvalue weighted by Crippen LogP contribution is -2.35. The number of carbonyl (C=O) groups excluding carboxylic acids is 2. The Labute approximate surface area is 179 Å². The number of sulfone groups is 1. The Balaban J connectivity index is 1.69. The van der Waals surface area contributed by atoms with E-state index in [-0.39, 0.29) is 17.1 Å². The third-order valence-electron chi connectivity index (χ3n) is 4.83. The second-order valence-electron chi connectivity index (χ2n) is 6.89. The number of hydrogen-bond donors (Lipinski definition) is 1. The van der Waals surface area contributed by atoms with Crippen molar-refractivity contribution in [2.75, 3.05) is 24.7 Å². The van der Waals surface area contributed by atoms with E-state index < -0.39 is 21.8 Å². The number of hydrogen-bond acceptors (Lipinski definition) is 7. The number of thiophene rings is 1. The molecule has 0 atom stereocenters. The number of ether oxygens (including phenoxy) is 1. The topological polar surface area (TPSA) is 117 Å². The second kappa shape index (κ2) is 8.85. The molecule has 2 amide bonds. The predicted octanol–water partition coefficient (Wildman–Crippen LogP) is 2.86. The van der Waals surface area contributed by atoms with Crippen molar-refractivity contribution in [3.05, 3.63) is 45.8 Å². The van der Waals surface area contributed by atoms with Gasteiger partial charge in [-0.15, -0.1) is 11.3 Å². The lowest BCUT2D eigenvalue weighted by atomic mass is 10.0. The van der Waals surface area contributed by atoms with Gasteiger partial charge in [-0.2, -0.15) is 5.26 Å². The van der Waals surface area contributed by atoms with Crippen molar-refractivity contribution in [1.29, 1.82) is 5.26 Å². The first kappa shape index (κ1) is 21.8. The number of nitriles is 1. The Morgan fingerprint density at radius 2 is 2.00 bits per heavy atom. The maximum atomic E-state index is 12.4. The van der Waals surface area contributed by atoms with Gasteiger partial charge in [-0.25, -0.2) is 13.2 Å². The normalized spacial score (nSPS) is 13.3. The van der Waals surface area contributed by atoms with E-state index in [2.05, 4.69) is 11.4 Å². The molecule has 1 N–H and O–H groups in total.